The van der Waals surface area contributed by atoms with Crippen LogP contribution in [0.3, 0.4) is 0 Å². The van der Waals surface area contributed by atoms with E-state index in [9.17, 15) is 5.11 Å². The van der Waals surface area contributed by atoms with Gasteiger partial charge in [-0.1, -0.05) is 0 Å². The zero-order chi connectivity index (χ0) is 12.1. The topological polar surface area (TPSA) is 39.6 Å². The summed E-state index contributed by atoms with van der Waals surface area (Å²) in [5, 5.41) is 9.35. The van der Waals surface area contributed by atoms with Gasteiger partial charge in [0.1, 0.15) is 0 Å². The van der Waals surface area contributed by atoms with Crippen LogP contribution >= 0.6 is 0 Å². The third-order valence-electron chi connectivity index (χ3n) is 2.52. The van der Waals surface area contributed by atoms with Crippen molar-refractivity contribution in [2.24, 2.45) is 0 Å². The molecule has 0 radical (unpaired) electrons. The summed E-state index contributed by atoms with van der Waals surface area (Å²) in [4.78, 5) is 8.52. The SMILES string of the molecule is C[C@@H](O)c1ccc(N(C)CCN(C)C)cn1. The lowest BCUT2D eigenvalue weighted by Gasteiger charge is -2.21. The first-order valence-electron chi connectivity index (χ1n) is 5.50. The zero-order valence-electron chi connectivity index (χ0n) is 10.5. The van der Waals surface area contributed by atoms with Crippen LogP contribution < -0.4 is 4.90 Å². The lowest BCUT2D eigenvalue weighted by Crippen LogP contribution is -2.28. The molecule has 1 heterocycles. The number of rotatable bonds is 5. The number of likely N-dealkylation sites (N-methyl/N-ethyl adjacent to an activating group) is 2. The third-order valence-corrected chi connectivity index (χ3v) is 2.52. The van der Waals surface area contributed by atoms with Crippen molar-refractivity contribution in [1.82, 2.24) is 9.88 Å². The lowest BCUT2D eigenvalue weighted by molar-refractivity contribution is 0.194. The largest absolute Gasteiger partial charge is 0.387 e. The van der Waals surface area contributed by atoms with Gasteiger partial charge in [0.2, 0.25) is 0 Å². The van der Waals surface area contributed by atoms with E-state index in [4.69, 9.17) is 0 Å². The number of anilines is 1. The van der Waals surface area contributed by atoms with Crippen molar-refractivity contribution in [3.63, 3.8) is 0 Å². The Hall–Kier alpha value is -1.13. The molecular weight excluding hydrogens is 202 g/mol. The van der Waals surface area contributed by atoms with Crippen LogP contribution in [-0.2, 0) is 0 Å². The van der Waals surface area contributed by atoms with Crippen molar-refractivity contribution in [2.75, 3.05) is 39.1 Å². The van der Waals surface area contributed by atoms with Gasteiger partial charge >= 0.3 is 0 Å². The second-order valence-electron chi connectivity index (χ2n) is 4.34. The molecule has 0 unspecified atom stereocenters. The van der Waals surface area contributed by atoms with Crippen LogP contribution in [-0.4, -0.2) is 49.2 Å². The molecule has 4 heteroatoms. The number of aliphatic hydroxyl groups is 1. The highest BCUT2D eigenvalue weighted by Gasteiger charge is 2.05. The molecule has 0 saturated carbocycles. The number of aliphatic hydroxyl groups excluding tert-OH is 1. The van der Waals surface area contributed by atoms with Gasteiger partial charge in [-0.2, -0.15) is 0 Å². The Bertz CT molecular complexity index is 309. The first-order valence-corrected chi connectivity index (χ1v) is 5.50. The predicted molar refractivity (Wildman–Crippen MR) is 66.7 cm³/mol. The molecule has 90 valence electrons. The average molecular weight is 223 g/mol. The summed E-state index contributed by atoms with van der Waals surface area (Å²) >= 11 is 0. The van der Waals surface area contributed by atoms with Crippen LogP contribution in [0, 0.1) is 0 Å². The molecular formula is C12H21N3O. The monoisotopic (exact) mass is 223 g/mol. The highest BCUT2D eigenvalue weighted by Crippen LogP contribution is 2.14. The molecule has 0 fully saturated rings. The van der Waals surface area contributed by atoms with Gasteiger partial charge in [0.25, 0.3) is 0 Å². The molecule has 0 aliphatic carbocycles. The fraction of sp³-hybridized carbons (Fsp3) is 0.583. The van der Waals surface area contributed by atoms with Gasteiger partial charge in [0, 0.05) is 20.1 Å². The van der Waals surface area contributed by atoms with Gasteiger partial charge in [0.15, 0.2) is 0 Å². The predicted octanol–water partition coefficient (Wildman–Crippen LogP) is 1.13. The first kappa shape index (κ1) is 12.9. The molecule has 1 atom stereocenters. The molecule has 1 rings (SSSR count). The molecule has 0 amide bonds. The molecule has 0 bridgehead atoms. The number of nitrogens with zero attached hydrogens (tertiary/aromatic N) is 3. The van der Waals surface area contributed by atoms with Crippen molar-refractivity contribution < 1.29 is 5.11 Å². The summed E-state index contributed by atoms with van der Waals surface area (Å²) in [5.74, 6) is 0. The van der Waals surface area contributed by atoms with Crippen molar-refractivity contribution in [1.29, 1.82) is 0 Å². The van der Waals surface area contributed by atoms with Crippen molar-refractivity contribution in [3.8, 4) is 0 Å². The van der Waals surface area contributed by atoms with Crippen LogP contribution in [0.4, 0.5) is 5.69 Å². The summed E-state index contributed by atoms with van der Waals surface area (Å²) in [6, 6.07) is 3.86. The summed E-state index contributed by atoms with van der Waals surface area (Å²) in [7, 11) is 6.16. The van der Waals surface area contributed by atoms with Gasteiger partial charge < -0.3 is 14.9 Å². The molecule has 1 N–H and O–H groups in total. The van der Waals surface area contributed by atoms with Crippen LogP contribution in [0.25, 0.3) is 0 Å². The molecule has 0 saturated heterocycles. The highest BCUT2D eigenvalue weighted by molar-refractivity contribution is 5.43. The normalized spacial score (nSPS) is 12.9. The maximum absolute atomic E-state index is 9.35. The van der Waals surface area contributed by atoms with Crippen LogP contribution in [0.5, 0.6) is 0 Å². The minimum Gasteiger partial charge on any atom is -0.387 e. The molecule has 4 nitrogen and oxygen atoms in total. The van der Waals surface area contributed by atoms with Gasteiger partial charge in [-0.15, -0.1) is 0 Å². The van der Waals surface area contributed by atoms with Crippen molar-refractivity contribution >= 4 is 5.69 Å². The molecule has 1 aromatic rings. The first-order chi connectivity index (χ1) is 7.50. The zero-order valence-corrected chi connectivity index (χ0v) is 10.5. The van der Waals surface area contributed by atoms with E-state index in [-0.39, 0.29) is 0 Å². The highest BCUT2D eigenvalue weighted by atomic mass is 16.3. The Labute approximate surface area is 97.5 Å². The van der Waals surface area contributed by atoms with E-state index in [1.54, 1.807) is 13.1 Å². The van der Waals surface area contributed by atoms with Crippen LogP contribution in [0.2, 0.25) is 0 Å². The van der Waals surface area contributed by atoms with Crippen molar-refractivity contribution in [3.05, 3.63) is 24.0 Å². The standard InChI is InChI=1S/C12H21N3O/c1-10(16)12-6-5-11(9-13-12)15(4)8-7-14(2)3/h5-6,9-10,16H,7-8H2,1-4H3/t10-/m1/s1. The molecule has 1 aromatic heterocycles. The van der Waals surface area contributed by atoms with Gasteiger partial charge in [0.05, 0.1) is 23.7 Å². The number of aromatic nitrogens is 1. The fourth-order valence-electron chi connectivity index (χ4n) is 1.35. The minimum atomic E-state index is -0.499. The third kappa shape index (κ3) is 3.79. The summed E-state index contributed by atoms with van der Waals surface area (Å²) < 4.78 is 0. The molecule has 0 aliphatic rings. The van der Waals surface area contributed by atoms with E-state index >= 15 is 0 Å². The van der Waals surface area contributed by atoms with Crippen molar-refractivity contribution in [2.45, 2.75) is 13.0 Å². The molecule has 16 heavy (non-hydrogen) atoms. The van der Waals surface area contributed by atoms with E-state index in [1.165, 1.54) is 0 Å². The van der Waals surface area contributed by atoms with Crippen LogP contribution in [0.1, 0.15) is 18.7 Å². The average Bonchev–Trinajstić information content (AvgIpc) is 2.26. The maximum Gasteiger partial charge on any atom is 0.0931 e. The van der Waals surface area contributed by atoms with Gasteiger partial charge in [-0.3, -0.25) is 4.98 Å². The number of hydrogen-bond donors (Lipinski definition) is 1. The van der Waals surface area contributed by atoms with E-state index < -0.39 is 6.10 Å². The summed E-state index contributed by atoms with van der Waals surface area (Å²) in [5.41, 5.74) is 1.79. The van der Waals surface area contributed by atoms with Gasteiger partial charge in [-0.25, -0.2) is 0 Å². The summed E-state index contributed by atoms with van der Waals surface area (Å²) in [6.07, 6.45) is 1.30. The van der Waals surface area contributed by atoms with Gasteiger partial charge in [-0.05, 0) is 33.2 Å². The second-order valence-corrected chi connectivity index (χ2v) is 4.34. The molecule has 0 spiro atoms. The Kier molecular flexibility index (Phi) is 4.71. The van der Waals surface area contributed by atoms with E-state index in [1.807, 2.05) is 19.2 Å². The molecule has 0 aromatic carbocycles. The number of hydrogen-bond acceptors (Lipinski definition) is 4. The smallest absolute Gasteiger partial charge is 0.0931 e. The Morgan fingerprint density at radius 3 is 2.38 bits per heavy atom. The van der Waals surface area contributed by atoms with E-state index in [0.717, 1.165) is 18.8 Å². The molecule has 0 aliphatic heterocycles. The van der Waals surface area contributed by atoms with E-state index in [0.29, 0.717) is 5.69 Å². The quantitative estimate of drug-likeness (QED) is 0.812. The lowest BCUT2D eigenvalue weighted by atomic mass is 10.2. The minimum absolute atomic E-state index is 0.499. The van der Waals surface area contributed by atoms with E-state index in [2.05, 4.69) is 28.9 Å². The Morgan fingerprint density at radius 1 is 1.25 bits per heavy atom. The summed E-state index contributed by atoms with van der Waals surface area (Å²) in [6.45, 7) is 3.69. The second kappa shape index (κ2) is 5.82. The Morgan fingerprint density at radius 2 is 1.94 bits per heavy atom. The maximum atomic E-state index is 9.35. The Balaban J connectivity index is 2.59. The number of pyridine rings is 1. The fourth-order valence-corrected chi connectivity index (χ4v) is 1.35. The van der Waals surface area contributed by atoms with Crippen LogP contribution in [0.15, 0.2) is 18.3 Å².